The molecule has 1 amide bonds. The van der Waals surface area contributed by atoms with E-state index in [4.69, 9.17) is 9.47 Å². The van der Waals surface area contributed by atoms with Crippen molar-refractivity contribution in [2.45, 2.75) is 19.4 Å². The predicted molar refractivity (Wildman–Crippen MR) is 113 cm³/mol. The summed E-state index contributed by atoms with van der Waals surface area (Å²) < 4.78 is 10.5. The Morgan fingerprint density at radius 1 is 1.18 bits per heavy atom. The van der Waals surface area contributed by atoms with Gasteiger partial charge in [-0.05, 0) is 54.8 Å². The predicted octanol–water partition coefficient (Wildman–Crippen LogP) is 3.61. The Bertz CT molecular complexity index is 796. The number of benzene rings is 2. The minimum atomic E-state index is 0.0440. The Morgan fingerprint density at radius 2 is 1.89 bits per heavy atom. The lowest BCUT2D eigenvalue weighted by molar-refractivity contribution is -0.129. The summed E-state index contributed by atoms with van der Waals surface area (Å²) in [5, 5.41) is 3.52. The number of nitrogens with zero attached hydrogens (tertiary/aromatic N) is 1. The van der Waals surface area contributed by atoms with Crippen LogP contribution in [0.2, 0.25) is 0 Å². The molecule has 0 radical (unpaired) electrons. The lowest BCUT2D eigenvalue weighted by Gasteiger charge is -2.25. The third-order valence-corrected chi connectivity index (χ3v) is 4.81. The summed E-state index contributed by atoms with van der Waals surface area (Å²) in [6.45, 7) is 4.71. The molecule has 1 fully saturated rings. The molecule has 1 saturated heterocycles. The summed E-state index contributed by atoms with van der Waals surface area (Å²) in [5.74, 6) is 0.890. The van der Waals surface area contributed by atoms with E-state index < -0.39 is 0 Å². The Labute approximate surface area is 167 Å². The van der Waals surface area contributed by atoms with Crippen LogP contribution in [0.3, 0.4) is 0 Å². The van der Waals surface area contributed by atoms with Gasteiger partial charge in [-0.25, -0.2) is 0 Å². The lowest BCUT2D eigenvalue weighted by atomic mass is 10.00. The van der Waals surface area contributed by atoms with E-state index in [2.05, 4.69) is 24.4 Å². The van der Waals surface area contributed by atoms with E-state index in [9.17, 15) is 4.79 Å². The number of amides is 1. The molecule has 1 atom stereocenters. The number of rotatable bonds is 7. The molecule has 0 aromatic heterocycles. The number of morpholine rings is 1. The quantitative estimate of drug-likeness (QED) is 0.746. The molecule has 28 heavy (non-hydrogen) atoms. The molecular formula is C23H28N2O3. The normalized spacial score (nSPS) is 15.4. The second-order valence-corrected chi connectivity index (χ2v) is 6.95. The van der Waals surface area contributed by atoms with Crippen molar-refractivity contribution in [1.29, 1.82) is 0 Å². The van der Waals surface area contributed by atoms with E-state index in [0.29, 0.717) is 26.3 Å². The number of nitrogens with one attached hydrogen (secondary N) is 1. The van der Waals surface area contributed by atoms with E-state index in [0.717, 1.165) is 23.4 Å². The van der Waals surface area contributed by atoms with E-state index in [1.165, 1.54) is 5.56 Å². The number of carbonyl (C=O) groups is 1. The first-order valence-corrected chi connectivity index (χ1v) is 9.69. The second-order valence-electron chi connectivity index (χ2n) is 6.95. The average molecular weight is 380 g/mol. The maximum absolute atomic E-state index is 12.4. The number of methoxy groups -OCH3 is 1. The van der Waals surface area contributed by atoms with Crippen molar-refractivity contribution in [2.75, 3.05) is 38.7 Å². The van der Waals surface area contributed by atoms with Crippen LogP contribution in [0.25, 0.3) is 6.08 Å². The van der Waals surface area contributed by atoms with E-state index in [1.807, 2.05) is 47.4 Å². The summed E-state index contributed by atoms with van der Waals surface area (Å²) in [6, 6.07) is 16.4. The summed E-state index contributed by atoms with van der Waals surface area (Å²) in [4.78, 5) is 14.2. The smallest absolute Gasteiger partial charge is 0.246 e. The zero-order chi connectivity index (χ0) is 19.8. The van der Waals surface area contributed by atoms with Gasteiger partial charge in [0, 0.05) is 30.9 Å². The molecule has 3 rings (SSSR count). The molecule has 2 aromatic carbocycles. The van der Waals surface area contributed by atoms with Gasteiger partial charge < -0.3 is 19.7 Å². The minimum absolute atomic E-state index is 0.0440. The van der Waals surface area contributed by atoms with Crippen molar-refractivity contribution in [3.05, 3.63) is 65.7 Å². The highest BCUT2D eigenvalue weighted by Crippen LogP contribution is 2.18. The first kappa shape index (κ1) is 20.0. The molecule has 148 valence electrons. The Hall–Kier alpha value is -2.79. The van der Waals surface area contributed by atoms with E-state index >= 15 is 0 Å². The SMILES string of the molecule is COc1ccc(N[C@H](C)Cc2ccccc2/C=C/C(=O)N2CCOCC2)cc1. The van der Waals surface area contributed by atoms with Gasteiger partial charge in [-0.15, -0.1) is 0 Å². The van der Waals surface area contributed by atoms with Crippen LogP contribution in [-0.4, -0.2) is 50.3 Å². The number of hydrogen-bond donors (Lipinski definition) is 1. The largest absolute Gasteiger partial charge is 0.497 e. The molecule has 2 aromatic rings. The Balaban J connectivity index is 1.62. The Morgan fingerprint density at radius 3 is 2.61 bits per heavy atom. The maximum Gasteiger partial charge on any atom is 0.246 e. The fraction of sp³-hybridized carbons (Fsp3) is 0.348. The van der Waals surface area contributed by atoms with Gasteiger partial charge in [-0.1, -0.05) is 24.3 Å². The van der Waals surface area contributed by atoms with Gasteiger partial charge >= 0.3 is 0 Å². The van der Waals surface area contributed by atoms with Gasteiger partial charge in [0.2, 0.25) is 5.91 Å². The van der Waals surface area contributed by atoms with Crippen molar-refractivity contribution in [3.63, 3.8) is 0 Å². The zero-order valence-corrected chi connectivity index (χ0v) is 16.6. The molecule has 0 bridgehead atoms. The van der Waals surface area contributed by atoms with Crippen molar-refractivity contribution in [2.24, 2.45) is 0 Å². The number of carbonyl (C=O) groups excluding carboxylic acids is 1. The van der Waals surface area contributed by atoms with Crippen molar-refractivity contribution < 1.29 is 14.3 Å². The van der Waals surface area contributed by atoms with Crippen LogP contribution < -0.4 is 10.1 Å². The molecule has 0 aliphatic carbocycles. The van der Waals surface area contributed by atoms with E-state index in [-0.39, 0.29) is 11.9 Å². The monoisotopic (exact) mass is 380 g/mol. The van der Waals surface area contributed by atoms with Crippen molar-refractivity contribution in [1.82, 2.24) is 4.90 Å². The summed E-state index contributed by atoms with van der Waals surface area (Å²) >= 11 is 0. The highest BCUT2D eigenvalue weighted by Gasteiger charge is 2.14. The van der Waals surface area contributed by atoms with Crippen molar-refractivity contribution in [3.8, 4) is 5.75 Å². The van der Waals surface area contributed by atoms with E-state index in [1.54, 1.807) is 13.2 Å². The molecule has 0 spiro atoms. The third kappa shape index (κ3) is 5.60. The highest BCUT2D eigenvalue weighted by molar-refractivity contribution is 5.92. The van der Waals surface area contributed by atoms with Crippen LogP contribution in [0, 0.1) is 0 Å². The molecule has 5 heteroatoms. The van der Waals surface area contributed by atoms with Crippen LogP contribution in [0.1, 0.15) is 18.1 Å². The first-order chi connectivity index (χ1) is 13.7. The molecular weight excluding hydrogens is 352 g/mol. The van der Waals surface area contributed by atoms with Crippen LogP contribution in [0.5, 0.6) is 5.75 Å². The molecule has 1 N–H and O–H groups in total. The van der Waals surface area contributed by atoms with Gasteiger partial charge in [-0.2, -0.15) is 0 Å². The second kappa shape index (κ2) is 9.95. The summed E-state index contributed by atoms with van der Waals surface area (Å²) in [7, 11) is 1.67. The van der Waals surface area contributed by atoms with Gasteiger partial charge in [0.05, 0.1) is 20.3 Å². The molecule has 0 saturated carbocycles. The fourth-order valence-electron chi connectivity index (χ4n) is 3.29. The molecule has 1 heterocycles. The number of hydrogen-bond acceptors (Lipinski definition) is 4. The number of ether oxygens (including phenoxy) is 2. The summed E-state index contributed by atoms with van der Waals surface area (Å²) in [5.41, 5.74) is 3.35. The average Bonchev–Trinajstić information content (AvgIpc) is 2.74. The van der Waals surface area contributed by atoms with Crippen LogP contribution in [0.15, 0.2) is 54.6 Å². The van der Waals surface area contributed by atoms with Gasteiger partial charge in [0.1, 0.15) is 5.75 Å². The van der Waals surface area contributed by atoms with Gasteiger partial charge in [-0.3, -0.25) is 4.79 Å². The Kier molecular flexibility index (Phi) is 7.09. The third-order valence-electron chi connectivity index (χ3n) is 4.81. The van der Waals surface area contributed by atoms with Crippen molar-refractivity contribution >= 4 is 17.7 Å². The minimum Gasteiger partial charge on any atom is -0.497 e. The lowest BCUT2D eigenvalue weighted by Crippen LogP contribution is -2.39. The number of anilines is 1. The molecule has 1 aliphatic rings. The first-order valence-electron chi connectivity index (χ1n) is 9.69. The van der Waals surface area contributed by atoms with Crippen LogP contribution in [0.4, 0.5) is 5.69 Å². The zero-order valence-electron chi connectivity index (χ0n) is 16.6. The molecule has 1 aliphatic heterocycles. The van der Waals surface area contributed by atoms with Gasteiger partial charge in [0.25, 0.3) is 0 Å². The van der Waals surface area contributed by atoms with Crippen LogP contribution in [-0.2, 0) is 16.0 Å². The fourth-order valence-corrected chi connectivity index (χ4v) is 3.29. The molecule has 0 unspecified atom stereocenters. The maximum atomic E-state index is 12.4. The van der Waals surface area contributed by atoms with Crippen LogP contribution >= 0.6 is 0 Å². The standard InChI is InChI=1S/C23H28N2O3/c1-18(24-21-8-10-22(27-2)11-9-21)17-20-6-4-3-5-19(20)7-12-23(26)25-13-15-28-16-14-25/h3-12,18,24H,13-17H2,1-2H3/b12-7+/t18-/m1/s1. The topological polar surface area (TPSA) is 50.8 Å². The summed E-state index contributed by atoms with van der Waals surface area (Å²) in [6.07, 6.45) is 4.46. The highest BCUT2D eigenvalue weighted by atomic mass is 16.5. The molecule has 5 nitrogen and oxygen atoms in total. The van der Waals surface area contributed by atoms with Gasteiger partial charge in [0.15, 0.2) is 0 Å².